The van der Waals surface area contributed by atoms with Crippen molar-refractivity contribution in [2.45, 2.75) is 17.5 Å². The molecule has 0 radical (unpaired) electrons. The molecule has 0 saturated heterocycles. The van der Waals surface area contributed by atoms with Gasteiger partial charge in [0.25, 0.3) is 0 Å². The van der Waals surface area contributed by atoms with Crippen molar-refractivity contribution in [2.75, 3.05) is 7.11 Å². The van der Waals surface area contributed by atoms with Gasteiger partial charge in [0.05, 0.1) is 19.9 Å². The van der Waals surface area contributed by atoms with Crippen molar-refractivity contribution in [3.8, 4) is 17.1 Å². The summed E-state index contributed by atoms with van der Waals surface area (Å²) in [5, 5.41) is 9.55. The van der Waals surface area contributed by atoms with E-state index in [0.29, 0.717) is 12.3 Å². The third-order valence-electron chi connectivity index (χ3n) is 4.22. The van der Waals surface area contributed by atoms with E-state index in [1.807, 2.05) is 41.0 Å². The first kappa shape index (κ1) is 18.3. The molecule has 4 aromatic rings. The maximum atomic E-state index is 13.1. The summed E-state index contributed by atoms with van der Waals surface area (Å²) < 4.78 is 26.0. The molecule has 142 valence electrons. The van der Waals surface area contributed by atoms with Crippen LogP contribution in [0.4, 0.5) is 4.39 Å². The van der Waals surface area contributed by atoms with E-state index < -0.39 is 0 Å². The summed E-state index contributed by atoms with van der Waals surface area (Å²) in [6.07, 6.45) is 1.65. The molecule has 2 aromatic carbocycles. The lowest BCUT2D eigenvalue weighted by atomic mass is 10.2. The van der Waals surface area contributed by atoms with E-state index in [4.69, 9.17) is 9.15 Å². The Labute approximate surface area is 166 Å². The van der Waals surface area contributed by atoms with Crippen LogP contribution in [-0.2, 0) is 12.3 Å². The summed E-state index contributed by atoms with van der Waals surface area (Å²) in [4.78, 5) is 0. The van der Waals surface area contributed by atoms with E-state index >= 15 is 0 Å². The highest BCUT2D eigenvalue weighted by Crippen LogP contribution is 2.29. The standard InChI is InChI=1S/C21H18FN3O2S/c1-26-18-5-2-4-16(12-18)20-23-24-21(25(20)13-19-6-3-11-27-19)28-14-15-7-9-17(22)10-8-15/h2-12H,13-14H2,1H3. The number of aromatic nitrogens is 3. The minimum absolute atomic E-state index is 0.241. The summed E-state index contributed by atoms with van der Waals surface area (Å²) in [7, 11) is 1.64. The summed E-state index contributed by atoms with van der Waals surface area (Å²) >= 11 is 1.55. The van der Waals surface area contributed by atoms with Crippen molar-refractivity contribution < 1.29 is 13.5 Å². The highest BCUT2D eigenvalue weighted by molar-refractivity contribution is 7.98. The van der Waals surface area contributed by atoms with Gasteiger partial charge in [-0.2, -0.15) is 0 Å². The van der Waals surface area contributed by atoms with Crippen LogP contribution in [0.3, 0.4) is 0 Å². The highest BCUT2D eigenvalue weighted by Gasteiger charge is 2.16. The normalized spacial score (nSPS) is 10.9. The van der Waals surface area contributed by atoms with Crippen molar-refractivity contribution in [2.24, 2.45) is 0 Å². The van der Waals surface area contributed by atoms with Crippen LogP contribution in [0.5, 0.6) is 5.75 Å². The number of thioether (sulfide) groups is 1. The largest absolute Gasteiger partial charge is 0.497 e. The van der Waals surface area contributed by atoms with Crippen LogP contribution in [0.1, 0.15) is 11.3 Å². The fraction of sp³-hybridized carbons (Fsp3) is 0.143. The van der Waals surface area contributed by atoms with E-state index in [1.165, 1.54) is 12.1 Å². The van der Waals surface area contributed by atoms with E-state index in [1.54, 1.807) is 37.3 Å². The second kappa shape index (κ2) is 8.31. The minimum Gasteiger partial charge on any atom is -0.497 e. The molecule has 5 nitrogen and oxygen atoms in total. The van der Waals surface area contributed by atoms with Crippen molar-refractivity contribution in [3.63, 3.8) is 0 Å². The van der Waals surface area contributed by atoms with Crippen LogP contribution in [-0.4, -0.2) is 21.9 Å². The molecule has 0 saturated carbocycles. The number of hydrogen-bond acceptors (Lipinski definition) is 5. The SMILES string of the molecule is COc1cccc(-c2nnc(SCc3ccc(F)cc3)n2Cc2ccco2)c1. The molecule has 0 aliphatic heterocycles. The predicted octanol–water partition coefficient (Wildman–Crippen LogP) is 5.03. The molecule has 0 fully saturated rings. The molecule has 0 atom stereocenters. The molecule has 7 heteroatoms. The number of halogens is 1. The molecular weight excluding hydrogens is 377 g/mol. The molecule has 0 spiro atoms. The molecular formula is C21H18FN3O2S. The number of methoxy groups -OCH3 is 1. The van der Waals surface area contributed by atoms with E-state index in [9.17, 15) is 4.39 Å². The van der Waals surface area contributed by atoms with Gasteiger partial charge in [-0.1, -0.05) is 36.0 Å². The Morgan fingerprint density at radius 1 is 1.07 bits per heavy atom. The van der Waals surface area contributed by atoms with Gasteiger partial charge in [-0.25, -0.2) is 4.39 Å². The zero-order valence-corrected chi connectivity index (χ0v) is 16.0. The highest BCUT2D eigenvalue weighted by atomic mass is 32.2. The van der Waals surface area contributed by atoms with Crippen LogP contribution in [0, 0.1) is 5.82 Å². The Balaban J connectivity index is 1.65. The molecule has 0 aliphatic carbocycles. The first-order chi connectivity index (χ1) is 13.7. The second-order valence-corrected chi connectivity index (χ2v) is 7.06. The van der Waals surface area contributed by atoms with E-state index in [-0.39, 0.29) is 5.82 Å². The Morgan fingerprint density at radius 3 is 2.68 bits per heavy atom. The number of hydrogen-bond donors (Lipinski definition) is 0. The zero-order chi connectivity index (χ0) is 19.3. The van der Waals surface area contributed by atoms with E-state index in [2.05, 4.69) is 10.2 Å². The summed E-state index contributed by atoms with van der Waals surface area (Å²) in [6.45, 7) is 0.512. The third kappa shape index (κ3) is 4.09. The lowest BCUT2D eigenvalue weighted by Gasteiger charge is -2.10. The smallest absolute Gasteiger partial charge is 0.192 e. The molecule has 0 aliphatic rings. The topological polar surface area (TPSA) is 53.1 Å². The van der Waals surface area contributed by atoms with Crippen molar-refractivity contribution in [1.29, 1.82) is 0 Å². The molecule has 2 aromatic heterocycles. The van der Waals surface area contributed by atoms with Crippen molar-refractivity contribution in [3.05, 3.63) is 84.1 Å². The Kier molecular flexibility index (Phi) is 5.43. The quantitative estimate of drug-likeness (QED) is 0.411. The molecule has 0 unspecified atom stereocenters. The van der Waals surface area contributed by atoms with Gasteiger partial charge < -0.3 is 9.15 Å². The second-order valence-electron chi connectivity index (χ2n) is 6.12. The van der Waals surface area contributed by atoms with Gasteiger partial charge >= 0.3 is 0 Å². The fourth-order valence-electron chi connectivity index (χ4n) is 2.80. The Hall–Kier alpha value is -3.06. The monoisotopic (exact) mass is 395 g/mol. The molecule has 4 rings (SSSR count). The van der Waals surface area contributed by atoms with Gasteiger partial charge in [0.1, 0.15) is 17.3 Å². The van der Waals surface area contributed by atoms with Gasteiger partial charge in [-0.3, -0.25) is 4.57 Å². The average molecular weight is 395 g/mol. The lowest BCUT2D eigenvalue weighted by Crippen LogP contribution is -2.03. The number of rotatable bonds is 7. The van der Waals surface area contributed by atoms with Gasteiger partial charge in [0.2, 0.25) is 0 Å². The van der Waals surface area contributed by atoms with Crippen LogP contribution in [0.15, 0.2) is 76.5 Å². The Morgan fingerprint density at radius 2 is 1.93 bits per heavy atom. The first-order valence-electron chi connectivity index (χ1n) is 8.70. The third-order valence-corrected chi connectivity index (χ3v) is 5.26. The van der Waals surface area contributed by atoms with Gasteiger partial charge in [-0.05, 0) is 42.0 Å². The summed E-state index contributed by atoms with van der Waals surface area (Å²) in [6, 6.07) is 18.0. The van der Waals surface area contributed by atoms with Crippen LogP contribution < -0.4 is 4.74 Å². The summed E-state index contributed by atoms with van der Waals surface area (Å²) in [5.74, 6) is 2.72. The number of ether oxygens (including phenoxy) is 1. The van der Waals surface area contributed by atoms with Crippen molar-refractivity contribution >= 4 is 11.8 Å². The molecule has 28 heavy (non-hydrogen) atoms. The predicted molar refractivity (Wildman–Crippen MR) is 106 cm³/mol. The maximum absolute atomic E-state index is 13.1. The maximum Gasteiger partial charge on any atom is 0.192 e. The molecule has 0 amide bonds. The average Bonchev–Trinajstić information content (AvgIpc) is 3.38. The van der Waals surface area contributed by atoms with Crippen LogP contribution >= 0.6 is 11.8 Å². The zero-order valence-electron chi connectivity index (χ0n) is 15.2. The lowest BCUT2D eigenvalue weighted by molar-refractivity contribution is 0.415. The first-order valence-corrected chi connectivity index (χ1v) is 9.69. The molecule has 2 heterocycles. The minimum atomic E-state index is -0.241. The molecule has 0 N–H and O–H groups in total. The fourth-order valence-corrected chi connectivity index (χ4v) is 3.69. The van der Waals surface area contributed by atoms with Gasteiger partial charge in [0.15, 0.2) is 11.0 Å². The Bertz CT molecular complexity index is 1050. The summed E-state index contributed by atoms with van der Waals surface area (Å²) in [5.41, 5.74) is 1.92. The van der Waals surface area contributed by atoms with Crippen molar-refractivity contribution in [1.82, 2.24) is 14.8 Å². The molecule has 0 bridgehead atoms. The van der Waals surface area contributed by atoms with Gasteiger partial charge in [-0.15, -0.1) is 10.2 Å². The van der Waals surface area contributed by atoms with E-state index in [0.717, 1.165) is 33.6 Å². The number of furan rings is 1. The number of benzene rings is 2. The van der Waals surface area contributed by atoms with Crippen LogP contribution in [0.25, 0.3) is 11.4 Å². The van der Waals surface area contributed by atoms with Gasteiger partial charge in [0, 0.05) is 11.3 Å². The number of nitrogens with zero attached hydrogens (tertiary/aromatic N) is 3. The van der Waals surface area contributed by atoms with Crippen LogP contribution in [0.2, 0.25) is 0 Å².